The zero-order valence-electron chi connectivity index (χ0n) is 15.8. The Morgan fingerprint density at radius 3 is 2.59 bits per heavy atom. The Bertz CT molecular complexity index is 701. The number of hydrogen-bond donors (Lipinski definition) is 4. The van der Waals surface area contributed by atoms with Gasteiger partial charge in [0.1, 0.15) is 5.54 Å². The minimum atomic E-state index is -0.811. The third kappa shape index (κ3) is 4.29. The fourth-order valence-corrected chi connectivity index (χ4v) is 3.70. The number of guanidine groups is 1. The Labute approximate surface area is 159 Å². The van der Waals surface area contributed by atoms with Crippen LogP contribution in [0.4, 0.5) is 10.5 Å². The molecule has 0 radical (unpaired) electrons. The number of aliphatic imine (C=N–C) groups is 1. The van der Waals surface area contributed by atoms with Gasteiger partial charge in [-0.15, -0.1) is 0 Å². The maximum absolute atomic E-state index is 12.1. The average molecular weight is 373 g/mol. The van der Waals surface area contributed by atoms with Gasteiger partial charge in [-0.05, 0) is 37.8 Å². The number of nitrogens with one attached hydrogen (secondary N) is 4. The van der Waals surface area contributed by atoms with E-state index in [1.807, 2.05) is 19.1 Å². The number of likely N-dealkylation sites (tertiary alicyclic amines) is 1. The lowest BCUT2D eigenvalue weighted by molar-refractivity contribution is -0.125. The van der Waals surface area contributed by atoms with Crippen molar-refractivity contribution >= 4 is 23.6 Å². The number of nitrogens with zero attached hydrogens (tertiary/aromatic N) is 3. The summed E-state index contributed by atoms with van der Waals surface area (Å²) >= 11 is 0. The van der Waals surface area contributed by atoms with Crippen molar-refractivity contribution in [3.63, 3.8) is 0 Å². The maximum Gasteiger partial charge on any atom is 0.322 e. The van der Waals surface area contributed by atoms with Crippen LogP contribution in [0.5, 0.6) is 0 Å². The highest BCUT2D eigenvalue weighted by atomic mass is 16.2. The van der Waals surface area contributed by atoms with Crippen molar-refractivity contribution in [3.8, 4) is 0 Å². The van der Waals surface area contributed by atoms with Crippen molar-refractivity contribution in [1.29, 1.82) is 0 Å². The molecule has 0 saturated carbocycles. The van der Waals surface area contributed by atoms with E-state index in [0.29, 0.717) is 0 Å². The smallest absolute Gasteiger partial charge is 0.322 e. The summed E-state index contributed by atoms with van der Waals surface area (Å²) in [6.45, 7) is 4.90. The van der Waals surface area contributed by atoms with Crippen molar-refractivity contribution in [3.05, 3.63) is 24.5 Å². The molecule has 3 rings (SSSR count). The molecular weight excluding hydrogens is 346 g/mol. The topological polar surface area (TPSA) is 111 Å². The fraction of sp³-hybridized carbons (Fsp3) is 0.556. The highest BCUT2D eigenvalue weighted by Crippen LogP contribution is 2.30. The number of amides is 3. The Kier molecular flexibility index (Phi) is 5.78. The molecule has 1 aromatic rings. The van der Waals surface area contributed by atoms with E-state index < -0.39 is 11.6 Å². The van der Waals surface area contributed by atoms with Crippen molar-refractivity contribution < 1.29 is 9.59 Å². The average Bonchev–Trinajstić information content (AvgIpc) is 2.95. The molecule has 0 aliphatic carbocycles. The zero-order chi connectivity index (χ0) is 19.3. The first kappa shape index (κ1) is 18.9. The molecule has 2 aliphatic rings. The van der Waals surface area contributed by atoms with E-state index in [-0.39, 0.29) is 11.8 Å². The molecular formula is C18H27N7O2. The number of imide groups is 1. The van der Waals surface area contributed by atoms with Crippen molar-refractivity contribution in [2.24, 2.45) is 10.9 Å². The van der Waals surface area contributed by atoms with Crippen LogP contribution in [0.15, 0.2) is 29.5 Å². The van der Waals surface area contributed by atoms with Gasteiger partial charge >= 0.3 is 6.03 Å². The molecule has 146 valence electrons. The van der Waals surface area contributed by atoms with Crippen LogP contribution in [0, 0.1) is 5.92 Å². The van der Waals surface area contributed by atoms with Crippen LogP contribution in [-0.2, 0) is 4.79 Å². The van der Waals surface area contributed by atoms with Crippen molar-refractivity contribution in [1.82, 2.24) is 25.8 Å². The van der Waals surface area contributed by atoms with Crippen LogP contribution in [0.25, 0.3) is 0 Å². The van der Waals surface area contributed by atoms with E-state index in [9.17, 15) is 9.59 Å². The number of anilines is 1. The first-order chi connectivity index (χ1) is 13.0. The molecule has 2 fully saturated rings. The van der Waals surface area contributed by atoms with Crippen LogP contribution < -0.4 is 21.3 Å². The first-order valence-electron chi connectivity index (χ1n) is 9.26. The molecule has 3 amide bonds. The number of aromatic nitrogens is 1. The molecule has 1 unspecified atom stereocenters. The lowest BCUT2D eigenvalue weighted by atomic mass is 9.79. The van der Waals surface area contributed by atoms with Gasteiger partial charge in [-0.25, -0.2) is 4.79 Å². The monoisotopic (exact) mass is 373 g/mol. The highest BCUT2D eigenvalue weighted by Gasteiger charge is 2.48. The number of hydrogen-bond acceptors (Lipinski definition) is 5. The van der Waals surface area contributed by atoms with E-state index in [1.54, 1.807) is 19.4 Å². The Hall–Kier alpha value is -2.84. The summed E-state index contributed by atoms with van der Waals surface area (Å²) in [6, 6.07) is 3.46. The predicted octanol–water partition coefficient (Wildman–Crippen LogP) is 0.379. The third-order valence-corrected chi connectivity index (χ3v) is 5.31. The SMILES string of the molecule is CN=C(NCCNc1ccncc1)N1CCC(C2(C)NC(=O)NC2=O)CC1. The lowest BCUT2D eigenvalue weighted by Crippen LogP contribution is -2.55. The zero-order valence-corrected chi connectivity index (χ0v) is 15.8. The van der Waals surface area contributed by atoms with E-state index in [1.165, 1.54) is 0 Å². The van der Waals surface area contributed by atoms with Gasteiger partial charge in [0.2, 0.25) is 0 Å². The number of carbonyl (C=O) groups is 2. The highest BCUT2D eigenvalue weighted by molar-refractivity contribution is 6.07. The summed E-state index contributed by atoms with van der Waals surface area (Å²) in [4.78, 5) is 34.2. The van der Waals surface area contributed by atoms with Crippen LogP contribution in [-0.4, -0.2) is 66.5 Å². The predicted molar refractivity (Wildman–Crippen MR) is 103 cm³/mol. The number of carbonyl (C=O) groups excluding carboxylic acids is 2. The Morgan fingerprint density at radius 1 is 1.30 bits per heavy atom. The van der Waals surface area contributed by atoms with Gasteiger partial charge in [0, 0.05) is 51.3 Å². The summed E-state index contributed by atoms with van der Waals surface area (Å²) in [5.74, 6) is 0.748. The summed E-state index contributed by atoms with van der Waals surface area (Å²) in [5, 5.41) is 11.8. The minimum Gasteiger partial charge on any atom is -0.383 e. The standard InChI is InChI=1S/C18H27N7O2/c1-18(15(26)23-17(27)24-18)13-5-11-25(12-6-13)16(19-2)22-10-9-21-14-3-7-20-8-4-14/h3-4,7-8,13H,5-6,9-12H2,1-2H3,(H,19,22)(H,20,21)(H2,23,24,26,27). The van der Waals surface area contributed by atoms with Crippen LogP contribution in [0.3, 0.4) is 0 Å². The van der Waals surface area contributed by atoms with E-state index in [0.717, 1.165) is 50.7 Å². The van der Waals surface area contributed by atoms with Crippen LogP contribution >= 0.6 is 0 Å². The van der Waals surface area contributed by atoms with Crippen LogP contribution in [0.2, 0.25) is 0 Å². The number of rotatable bonds is 5. The number of urea groups is 1. The molecule has 3 heterocycles. The van der Waals surface area contributed by atoms with Crippen LogP contribution in [0.1, 0.15) is 19.8 Å². The van der Waals surface area contributed by atoms with Gasteiger partial charge < -0.3 is 20.9 Å². The molecule has 9 heteroatoms. The van der Waals surface area contributed by atoms with Crippen molar-refractivity contribution in [2.45, 2.75) is 25.3 Å². The Morgan fingerprint density at radius 2 is 2.00 bits per heavy atom. The molecule has 2 aliphatic heterocycles. The number of pyridine rings is 1. The second-order valence-electron chi connectivity index (χ2n) is 7.01. The molecule has 1 atom stereocenters. The van der Waals surface area contributed by atoms with Gasteiger partial charge in [-0.1, -0.05) is 0 Å². The largest absolute Gasteiger partial charge is 0.383 e. The molecule has 4 N–H and O–H groups in total. The van der Waals surface area contributed by atoms with Gasteiger partial charge in [0.25, 0.3) is 5.91 Å². The molecule has 9 nitrogen and oxygen atoms in total. The molecule has 0 spiro atoms. The van der Waals surface area contributed by atoms with Gasteiger partial charge in [-0.3, -0.25) is 20.1 Å². The second kappa shape index (κ2) is 8.24. The van der Waals surface area contributed by atoms with E-state index in [4.69, 9.17) is 0 Å². The molecule has 27 heavy (non-hydrogen) atoms. The molecule has 2 saturated heterocycles. The quantitative estimate of drug-likeness (QED) is 0.257. The molecule has 1 aromatic heterocycles. The first-order valence-corrected chi connectivity index (χ1v) is 9.26. The fourth-order valence-electron chi connectivity index (χ4n) is 3.70. The lowest BCUT2D eigenvalue weighted by Gasteiger charge is -2.39. The van der Waals surface area contributed by atoms with Crippen molar-refractivity contribution in [2.75, 3.05) is 38.5 Å². The second-order valence-corrected chi connectivity index (χ2v) is 7.01. The minimum absolute atomic E-state index is 0.117. The van der Waals surface area contributed by atoms with E-state index >= 15 is 0 Å². The number of piperidine rings is 1. The summed E-state index contributed by atoms with van der Waals surface area (Å²) < 4.78 is 0. The third-order valence-electron chi connectivity index (χ3n) is 5.31. The summed E-state index contributed by atoms with van der Waals surface area (Å²) in [6.07, 6.45) is 5.15. The molecule has 0 bridgehead atoms. The van der Waals surface area contributed by atoms with E-state index in [2.05, 4.69) is 36.1 Å². The molecule has 0 aromatic carbocycles. The summed E-state index contributed by atoms with van der Waals surface area (Å²) in [5.41, 5.74) is 0.224. The van der Waals surface area contributed by atoms with Gasteiger partial charge in [0.15, 0.2) is 5.96 Å². The van der Waals surface area contributed by atoms with Gasteiger partial charge in [-0.2, -0.15) is 0 Å². The maximum atomic E-state index is 12.1. The normalized spacial score (nSPS) is 23.8. The Balaban J connectivity index is 1.45. The van der Waals surface area contributed by atoms with Gasteiger partial charge in [0.05, 0.1) is 0 Å². The summed E-state index contributed by atoms with van der Waals surface area (Å²) in [7, 11) is 1.77.